The SMILES string of the molecule is CCCCCCCCCCCC[C@H](O)[C@@H]1CC[C@H]([C@H](O)CC[C@H](O)[C@@H]2CC[C@H](CCCCCC(O)CC3=CC(C)OC3=O)O2)O1. The Bertz CT molecular complexity index is 833. The Kier molecular flexibility index (Phi) is 18.6. The van der Waals surface area contributed by atoms with Crippen LogP contribution in [0, 0.1) is 0 Å². The number of rotatable bonds is 25. The number of hydrogen-bond donors (Lipinski definition) is 4. The van der Waals surface area contributed by atoms with Crippen LogP contribution in [0.15, 0.2) is 11.6 Å². The van der Waals surface area contributed by atoms with E-state index in [2.05, 4.69) is 6.92 Å². The lowest BCUT2D eigenvalue weighted by Crippen LogP contribution is -2.33. The summed E-state index contributed by atoms with van der Waals surface area (Å²) in [5.74, 6) is -0.309. The smallest absolute Gasteiger partial charge is 0.334 e. The zero-order chi connectivity index (χ0) is 32.4. The van der Waals surface area contributed by atoms with Crippen molar-refractivity contribution in [1.29, 1.82) is 0 Å². The second-order valence-electron chi connectivity index (χ2n) is 14.2. The summed E-state index contributed by atoms with van der Waals surface area (Å²) in [7, 11) is 0. The highest BCUT2D eigenvalue weighted by molar-refractivity contribution is 5.90. The van der Waals surface area contributed by atoms with Gasteiger partial charge in [-0.25, -0.2) is 4.79 Å². The molecule has 9 atom stereocenters. The molecule has 0 aromatic carbocycles. The molecule has 2 unspecified atom stereocenters. The molecule has 8 nitrogen and oxygen atoms in total. The number of unbranched alkanes of at least 4 members (excludes halogenated alkanes) is 11. The minimum Gasteiger partial charge on any atom is -0.455 e. The van der Waals surface area contributed by atoms with Gasteiger partial charge in [-0.05, 0) is 70.8 Å². The molecule has 0 saturated carbocycles. The van der Waals surface area contributed by atoms with Crippen LogP contribution in [0.1, 0.15) is 162 Å². The standard InChI is InChI=1S/C37H66O8/c1-3-4-5-6-7-8-9-10-11-15-18-31(39)35-23-24-36(45-35)33(41)21-20-32(40)34-22-19-30(44-34)17-14-12-13-16-29(38)26-28-25-27(2)43-37(28)42/h25,27,29-36,38-41H,3-24,26H2,1-2H3/t27?,29?,30-,31-,32-,33+,34-,35-,36+/m0/s1. The van der Waals surface area contributed by atoms with Gasteiger partial charge in [-0.15, -0.1) is 0 Å². The maximum Gasteiger partial charge on any atom is 0.334 e. The lowest BCUT2D eigenvalue weighted by Gasteiger charge is -2.24. The average molecular weight is 639 g/mol. The van der Waals surface area contributed by atoms with Gasteiger partial charge in [-0.2, -0.15) is 0 Å². The monoisotopic (exact) mass is 638 g/mol. The molecule has 2 fully saturated rings. The van der Waals surface area contributed by atoms with Crippen LogP contribution in [0.25, 0.3) is 0 Å². The average Bonchev–Trinajstić information content (AvgIpc) is 3.77. The van der Waals surface area contributed by atoms with Gasteiger partial charge >= 0.3 is 5.97 Å². The van der Waals surface area contributed by atoms with Crippen LogP contribution in [0.4, 0.5) is 0 Å². The predicted octanol–water partition coefficient (Wildman–Crippen LogP) is 6.83. The van der Waals surface area contributed by atoms with E-state index < -0.39 is 24.4 Å². The number of cyclic esters (lactones) is 1. The Morgan fingerprint density at radius 1 is 0.667 bits per heavy atom. The summed E-state index contributed by atoms with van der Waals surface area (Å²) >= 11 is 0. The number of aliphatic hydroxyl groups is 4. The molecule has 0 radical (unpaired) electrons. The highest BCUT2D eigenvalue weighted by Gasteiger charge is 2.36. The van der Waals surface area contributed by atoms with Gasteiger partial charge in [0.2, 0.25) is 0 Å². The van der Waals surface area contributed by atoms with Crippen LogP contribution in [0.5, 0.6) is 0 Å². The summed E-state index contributed by atoms with van der Waals surface area (Å²) in [6.07, 6.45) is 21.5. The molecule has 0 aromatic rings. The van der Waals surface area contributed by atoms with Crippen molar-refractivity contribution in [2.45, 2.75) is 216 Å². The molecule has 45 heavy (non-hydrogen) atoms. The van der Waals surface area contributed by atoms with Crippen LogP contribution >= 0.6 is 0 Å². The minimum atomic E-state index is -0.638. The van der Waals surface area contributed by atoms with Crippen LogP contribution in [-0.4, -0.2) is 81.3 Å². The van der Waals surface area contributed by atoms with E-state index in [0.717, 1.165) is 70.6 Å². The zero-order valence-electron chi connectivity index (χ0n) is 28.5. The van der Waals surface area contributed by atoms with Crippen molar-refractivity contribution in [3.8, 4) is 0 Å². The van der Waals surface area contributed by atoms with Crippen molar-refractivity contribution in [2.75, 3.05) is 0 Å². The predicted molar refractivity (Wildman–Crippen MR) is 177 cm³/mol. The summed E-state index contributed by atoms with van der Waals surface area (Å²) in [6.45, 7) is 4.07. The van der Waals surface area contributed by atoms with Gasteiger partial charge in [-0.3, -0.25) is 0 Å². The third kappa shape index (κ3) is 14.7. The largest absolute Gasteiger partial charge is 0.455 e. The van der Waals surface area contributed by atoms with E-state index >= 15 is 0 Å². The fourth-order valence-corrected chi connectivity index (χ4v) is 7.29. The maximum absolute atomic E-state index is 11.7. The van der Waals surface area contributed by atoms with Crippen molar-refractivity contribution in [1.82, 2.24) is 0 Å². The van der Waals surface area contributed by atoms with Gasteiger partial charge in [0, 0.05) is 12.0 Å². The number of hydrogen-bond acceptors (Lipinski definition) is 8. The van der Waals surface area contributed by atoms with Crippen molar-refractivity contribution in [3.63, 3.8) is 0 Å². The molecular weight excluding hydrogens is 572 g/mol. The fraction of sp³-hybridized carbons (Fsp3) is 0.919. The van der Waals surface area contributed by atoms with Crippen LogP contribution in [0.2, 0.25) is 0 Å². The number of ether oxygens (including phenoxy) is 3. The van der Waals surface area contributed by atoms with Crippen LogP contribution < -0.4 is 0 Å². The van der Waals surface area contributed by atoms with Crippen molar-refractivity contribution in [3.05, 3.63) is 11.6 Å². The molecule has 3 heterocycles. The van der Waals surface area contributed by atoms with E-state index in [1.54, 1.807) is 6.08 Å². The van der Waals surface area contributed by atoms with E-state index in [0.29, 0.717) is 31.3 Å². The Morgan fingerprint density at radius 2 is 1.18 bits per heavy atom. The Hall–Kier alpha value is -1.03. The molecule has 0 amide bonds. The maximum atomic E-state index is 11.7. The first-order valence-corrected chi connectivity index (χ1v) is 18.7. The van der Waals surface area contributed by atoms with E-state index in [9.17, 15) is 25.2 Å². The van der Waals surface area contributed by atoms with Gasteiger partial charge in [0.05, 0.1) is 48.8 Å². The molecule has 0 aromatic heterocycles. The first kappa shape index (κ1) is 38.4. The first-order chi connectivity index (χ1) is 21.8. The molecule has 4 N–H and O–H groups in total. The van der Waals surface area contributed by atoms with Gasteiger partial charge in [-0.1, -0.05) is 90.4 Å². The van der Waals surface area contributed by atoms with Crippen LogP contribution in [0.3, 0.4) is 0 Å². The van der Waals surface area contributed by atoms with Gasteiger partial charge in [0.1, 0.15) is 6.10 Å². The quantitative estimate of drug-likeness (QED) is 0.0634. The molecule has 0 spiro atoms. The molecule has 3 aliphatic heterocycles. The van der Waals surface area contributed by atoms with E-state index in [1.807, 2.05) is 6.92 Å². The van der Waals surface area contributed by atoms with Gasteiger partial charge in [0.15, 0.2) is 0 Å². The second kappa shape index (κ2) is 21.8. The summed E-state index contributed by atoms with van der Waals surface area (Å²) < 4.78 is 17.3. The van der Waals surface area contributed by atoms with Gasteiger partial charge in [0.25, 0.3) is 0 Å². The topological polar surface area (TPSA) is 126 Å². The van der Waals surface area contributed by atoms with Crippen LogP contribution in [-0.2, 0) is 19.0 Å². The second-order valence-corrected chi connectivity index (χ2v) is 14.2. The third-order valence-corrected chi connectivity index (χ3v) is 10.1. The summed E-state index contributed by atoms with van der Waals surface area (Å²) in [6, 6.07) is 0. The highest BCUT2D eigenvalue weighted by atomic mass is 16.5. The molecule has 262 valence electrons. The Labute approximate surface area is 273 Å². The zero-order valence-corrected chi connectivity index (χ0v) is 28.5. The lowest BCUT2D eigenvalue weighted by molar-refractivity contribution is -0.139. The van der Waals surface area contributed by atoms with E-state index in [1.165, 1.54) is 51.4 Å². The number of aliphatic hydroxyl groups excluding tert-OH is 4. The molecule has 3 rings (SSSR count). The van der Waals surface area contributed by atoms with Crippen molar-refractivity contribution < 1.29 is 39.4 Å². The van der Waals surface area contributed by atoms with Crippen molar-refractivity contribution >= 4 is 5.97 Å². The molecule has 0 bridgehead atoms. The summed E-state index contributed by atoms with van der Waals surface area (Å²) in [5.41, 5.74) is 0.583. The lowest BCUT2D eigenvalue weighted by atomic mass is 9.98. The molecule has 8 heteroatoms. The van der Waals surface area contributed by atoms with Gasteiger partial charge < -0.3 is 34.6 Å². The summed E-state index contributed by atoms with van der Waals surface area (Å²) in [5, 5.41) is 42.4. The minimum absolute atomic E-state index is 0.148. The molecule has 2 saturated heterocycles. The van der Waals surface area contributed by atoms with E-state index in [4.69, 9.17) is 14.2 Å². The number of carbonyl (C=O) groups is 1. The Balaban J connectivity index is 1.17. The fourth-order valence-electron chi connectivity index (χ4n) is 7.29. The van der Waals surface area contributed by atoms with E-state index in [-0.39, 0.29) is 36.5 Å². The highest BCUT2D eigenvalue weighted by Crippen LogP contribution is 2.31. The number of esters is 1. The van der Waals surface area contributed by atoms with Crippen molar-refractivity contribution in [2.24, 2.45) is 0 Å². The Morgan fingerprint density at radius 3 is 1.78 bits per heavy atom. The first-order valence-electron chi connectivity index (χ1n) is 18.7. The molecule has 0 aliphatic carbocycles. The molecule has 3 aliphatic rings. The normalized spacial score (nSPS) is 27.8. The summed E-state index contributed by atoms with van der Waals surface area (Å²) in [4.78, 5) is 11.7. The molecular formula is C37H66O8. The third-order valence-electron chi connectivity index (χ3n) is 10.1. The number of carbonyl (C=O) groups excluding carboxylic acids is 1.